The van der Waals surface area contributed by atoms with Crippen molar-refractivity contribution in [1.29, 1.82) is 0 Å². The van der Waals surface area contributed by atoms with Gasteiger partial charge in [0.15, 0.2) is 0 Å². The lowest BCUT2D eigenvalue weighted by Gasteiger charge is -2.31. The Kier molecular flexibility index (Phi) is 5.62. The molecule has 0 saturated carbocycles. The van der Waals surface area contributed by atoms with Gasteiger partial charge in [-0.25, -0.2) is 0 Å². The van der Waals surface area contributed by atoms with Gasteiger partial charge >= 0.3 is 6.18 Å². The Hall–Kier alpha value is -0.590. The monoisotopic (exact) mass is 280 g/mol. The van der Waals surface area contributed by atoms with E-state index >= 15 is 0 Å². The molecule has 1 heterocycles. The quantitative estimate of drug-likeness (QED) is 0.865. The van der Waals surface area contributed by atoms with Gasteiger partial charge in [-0.3, -0.25) is 4.90 Å². The van der Waals surface area contributed by atoms with E-state index in [1.807, 2.05) is 24.4 Å². The van der Waals surface area contributed by atoms with Gasteiger partial charge in [0, 0.05) is 17.5 Å². The summed E-state index contributed by atoms with van der Waals surface area (Å²) in [6.07, 6.45) is -4.19. The standard InChI is InChI=1S/C12H19F3N2S/c1-3-9(16)11(10-5-4-8-18-10)17(2)7-6-12(13,14)15/h4-5,8-9,11H,3,6-7,16H2,1-2H3. The summed E-state index contributed by atoms with van der Waals surface area (Å²) in [5, 5.41) is 1.92. The smallest absolute Gasteiger partial charge is 0.326 e. The second-order valence-electron chi connectivity index (χ2n) is 4.38. The first-order chi connectivity index (χ1) is 8.35. The predicted molar refractivity (Wildman–Crippen MR) is 68.6 cm³/mol. The van der Waals surface area contributed by atoms with Crippen molar-refractivity contribution in [1.82, 2.24) is 4.90 Å². The van der Waals surface area contributed by atoms with E-state index < -0.39 is 12.6 Å². The lowest BCUT2D eigenvalue weighted by molar-refractivity contribution is -0.138. The van der Waals surface area contributed by atoms with Crippen molar-refractivity contribution in [3.63, 3.8) is 0 Å². The van der Waals surface area contributed by atoms with E-state index in [1.165, 1.54) is 11.3 Å². The Morgan fingerprint density at radius 2 is 2.11 bits per heavy atom. The lowest BCUT2D eigenvalue weighted by atomic mass is 10.0. The summed E-state index contributed by atoms with van der Waals surface area (Å²) in [4.78, 5) is 2.72. The minimum Gasteiger partial charge on any atom is -0.326 e. The molecule has 0 aliphatic rings. The molecule has 0 spiro atoms. The highest BCUT2D eigenvalue weighted by Crippen LogP contribution is 2.29. The molecule has 18 heavy (non-hydrogen) atoms. The van der Waals surface area contributed by atoms with E-state index in [0.29, 0.717) is 0 Å². The Bertz CT molecular complexity index is 338. The van der Waals surface area contributed by atoms with Crippen LogP contribution in [0.4, 0.5) is 13.2 Å². The molecule has 2 unspecified atom stereocenters. The van der Waals surface area contributed by atoms with E-state index in [1.54, 1.807) is 11.9 Å². The second kappa shape index (κ2) is 6.54. The van der Waals surface area contributed by atoms with Gasteiger partial charge in [0.25, 0.3) is 0 Å². The molecule has 0 amide bonds. The highest BCUT2D eigenvalue weighted by atomic mass is 32.1. The van der Waals surface area contributed by atoms with Crippen molar-refractivity contribution in [2.45, 2.75) is 38.0 Å². The molecule has 2 N–H and O–H groups in total. The zero-order valence-electron chi connectivity index (χ0n) is 10.6. The molecule has 1 rings (SSSR count). The first-order valence-corrected chi connectivity index (χ1v) is 6.79. The molecular weight excluding hydrogens is 261 g/mol. The number of likely N-dealkylation sites (N-methyl/N-ethyl adjacent to an activating group) is 1. The fraction of sp³-hybridized carbons (Fsp3) is 0.667. The summed E-state index contributed by atoms with van der Waals surface area (Å²) in [7, 11) is 1.70. The van der Waals surface area contributed by atoms with Crippen LogP contribution in [0.1, 0.15) is 30.7 Å². The molecule has 0 saturated heterocycles. The largest absolute Gasteiger partial charge is 0.390 e. The maximum atomic E-state index is 12.2. The SMILES string of the molecule is CCC(N)C(c1cccs1)N(C)CCC(F)(F)F. The molecule has 0 bridgehead atoms. The molecule has 104 valence electrons. The molecule has 6 heteroatoms. The summed E-state index contributed by atoms with van der Waals surface area (Å²) in [6, 6.07) is 3.53. The number of nitrogens with two attached hydrogens (primary N) is 1. The Labute approximate surface area is 110 Å². The Balaban J connectivity index is 2.72. The molecule has 0 aliphatic heterocycles. The normalized spacial score (nSPS) is 15.9. The summed E-state index contributed by atoms with van der Waals surface area (Å²) >= 11 is 1.53. The average molecular weight is 280 g/mol. The highest BCUT2D eigenvalue weighted by molar-refractivity contribution is 7.10. The van der Waals surface area contributed by atoms with Crippen LogP contribution in [-0.2, 0) is 0 Å². The fourth-order valence-corrected chi connectivity index (χ4v) is 2.85. The third-order valence-electron chi connectivity index (χ3n) is 2.93. The summed E-state index contributed by atoms with van der Waals surface area (Å²) in [5.41, 5.74) is 6.03. The fourth-order valence-electron chi connectivity index (χ4n) is 1.88. The first-order valence-electron chi connectivity index (χ1n) is 5.91. The lowest BCUT2D eigenvalue weighted by Crippen LogP contribution is -2.39. The van der Waals surface area contributed by atoms with Crippen molar-refractivity contribution in [3.8, 4) is 0 Å². The van der Waals surface area contributed by atoms with E-state index in [2.05, 4.69) is 0 Å². The first kappa shape index (κ1) is 15.5. The van der Waals surface area contributed by atoms with Crippen LogP contribution in [0.2, 0.25) is 0 Å². The minimum absolute atomic E-state index is 0.0280. The van der Waals surface area contributed by atoms with Crippen LogP contribution in [0.15, 0.2) is 17.5 Å². The summed E-state index contributed by atoms with van der Waals surface area (Å²) in [5.74, 6) is 0. The molecule has 0 fully saturated rings. The zero-order valence-corrected chi connectivity index (χ0v) is 11.4. The third-order valence-corrected chi connectivity index (χ3v) is 3.88. The van der Waals surface area contributed by atoms with Crippen molar-refractivity contribution < 1.29 is 13.2 Å². The van der Waals surface area contributed by atoms with Crippen LogP contribution in [0, 0.1) is 0 Å². The van der Waals surface area contributed by atoms with Crippen LogP contribution < -0.4 is 5.73 Å². The zero-order chi connectivity index (χ0) is 13.8. The topological polar surface area (TPSA) is 29.3 Å². The van der Waals surface area contributed by atoms with E-state index in [0.717, 1.165) is 11.3 Å². The van der Waals surface area contributed by atoms with Crippen LogP contribution in [0.3, 0.4) is 0 Å². The van der Waals surface area contributed by atoms with Gasteiger partial charge in [-0.2, -0.15) is 13.2 Å². The molecule has 1 aromatic rings. The van der Waals surface area contributed by atoms with Gasteiger partial charge < -0.3 is 5.73 Å². The molecule has 2 nitrogen and oxygen atoms in total. The minimum atomic E-state index is -4.12. The van der Waals surface area contributed by atoms with Crippen molar-refractivity contribution in [3.05, 3.63) is 22.4 Å². The third kappa shape index (κ3) is 4.59. The van der Waals surface area contributed by atoms with Gasteiger partial charge in [-0.15, -0.1) is 11.3 Å². The average Bonchev–Trinajstić information content (AvgIpc) is 2.79. The molecule has 0 radical (unpaired) electrons. The second-order valence-corrected chi connectivity index (χ2v) is 5.36. The van der Waals surface area contributed by atoms with Gasteiger partial charge in [0.1, 0.15) is 0 Å². The molecule has 1 aromatic heterocycles. The maximum absolute atomic E-state index is 12.2. The number of thiophene rings is 1. The van der Waals surface area contributed by atoms with Gasteiger partial charge in [0.05, 0.1) is 12.5 Å². The van der Waals surface area contributed by atoms with Gasteiger partial charge in [0.2, 0.25) is 0 Å². The van der Waals surface area contributed by atoms with Gasteiger partial charge in [-0.1, -0.05) is 13.0 Å². The number of alkyl halides is 3. The van der Waals surface area contributed by atoms with Crippen LogP contribution >= 0.6 is 11.3 Å². The summed E-state index contributed by atoms with van der Waals surface area (Å²) in [6.45, 7) is 1.92. The number of halogens is 3. The number of hydrogen-bond donors (Lipinski definition) is 1. The molecule has 0 aromatic carbocycles. The molecular formula is C12H19F3N2S. The maximum Gasteiger partial charge on any atom is 0.390 e. The molecule has 0 aliphatic carbocycles. The van der Waals surface area contributed by atoms with Crippen molar-refractivity contribution in [2.24, 2.45) is 5.73 Å². The van der Waals surface area contributed by atoms with Gasteiger partial charge in [-0.05, 0) is 24.9 Å². The Morgan fingerprint density at radius 1 is 1.44 bits per heavy atom. The number of hydrogen-bond acceptors (Lipinski definition) is 3. The van der Waals surface area contributed by atoms with E-state index in [9.17, 15) is 13.2 Å². The van der Waals surface area contributed by atoms with Crippen molar-refractivity contribution >= 4 is 11.3 Å². The van der Waals surface area contributed by atoms with E-state index in [4.69, 9.17) is 5.73 Å². The van der Waals surface area contributed by atoms with Crippen LogP contribution in [0.25, 0.3) is 0 Å². The predicted octanol–water partition coefficient (Wildman–Crippen LogP) is 3.41. The van der Waals surface area contributed by atoms with Crippen LogP contribution in [0.5, 0.6) is 0 Å². The van der Waals surface area contributed by atoms with E-state index in [-0.39, 0.29) is 18.6 Å². The van der Waals surface area contributed by atoms with Crippen molar-refractivity contribution in [2.75, 3.05) is 13.6 Å². The molecule has 2 atom stereocenters. The highest BCUT2D eigenvalue weighted by Gasteiger charge is 2.30. The number of rotatable bonds is 6. The number of nitrogens with zero attached hydrogens (tertiary/aromatic N) is 1. The Morgan fingerprint density at radius 3 is 2.56 bits per heavy atom. The van der Waals surface area contributed by atoms with Crippen LogP contribution in [-0.4, -0.2) is 30.7 Å². The summed E-state index contributed by atoms with van der Waals surface area (Å²) < 4.78 is 36.7.